The van der Waals surface area contributed by atoms with E-state index < -0.39 is 0 Å². The minimum Gasteiger partial charge on any atom is -0.332 e. The maximum atomic E-state index is 6.02. The van der Waals surface area contributed by atoms with Crippen molar-refractivity contribution in [1.29, 1.82) is 0 Å². The van der Waals surface area contributed by atoms with Crippen LogP contribution in [0.15, 0.2) is 30.3 Å². The van der Waals surface area contributed by atoms with Gasteiger partial charge in [0.1, 0.15) is 0 Å². The van der Waals surface area contributed by atoms with Crippen LogP contribution in [0, 0.1) is 27.7 Å². The van der Waals surface area contributed by atoms with Crippen molar-refractivity contribution in [3.63, 3.8) is 0 Å². The van der Waals surface area contributed by atoms with Gasteiger partial charge in [-0.1, -0.05) is 35.4 Å². The molecule has 4 heteroatoms. The van der Waals surface area contributed by atoms with E-state index in [1.807, 2.05) is 25.1 Å². The molecule has 2 aromatic carbocycles. The van der Waals surface area contributed by atoms with E-state index in [1.165, 1.54) is 16.7 Å². The van der Waals surface area contributed by atoms with Crippen molar-refractivity contribution in [2.24, 2.45) is 0 Å². The van der Waals surface area contributed by atoms with Crippen molar-refractivity contribution in [3.8, 4) is 0 Å². The molecule has 0 saturated heterocycles. The van der Waals surface area contributed by atoms with E-state index in [-0.39, 0.29) is 0 Å². The summed E-state index contributed by atoms with van der Waals surface area (Å²) in [5, 5.41) is 7.74. The van der Waals surface area contributed by atoms with Gasteiger partial charge in [0.15, 0.2) is 5.11 Å². The zero-order chi connectivity index (χ0) is 15.6. The lowest BCUT2D eigenvalue weighted by atomic mass is 10.1. The number of thiocarbonyl (C=S) groups is 1. The van der Waals surface area contributed by atoms with Crippen LogP contribution >= 0.6 is 23.8 Å². The molecule has 0 aliphatic rings. The van der Waals surface area contributed by atoms with Crippen molar-refractivity contribution < 1.29 is 0 Å². The Labute approximate surface area is 136 Å². The standard InChI is InChI=1S/C17H19ClN2S/c1-10-7-12(3)16(13(4)8-10)20-17(21)19-15-9-14(18)6-5-11(15)2/h5-9H,1-4H3,(H2,19,20,21). The van der Waals surface area contributed by atoms with Crippen LogP contribution in [0.3, 0.4) is 0 Å². The quantitative estimate of drug-likeness (QED) is 0.727. The lowest BCUT2D eigenvalue weighted by Crippen LogP contribution is -2.20. The number of rotatable bonds is 2. The van der Waals surface area contributed by atoms with Crippen LogP contribution in [0.25, 0.3) is 0 Å². The molecule has 2 nitrogen and oxygen atoms in total. The number of aryl methyl sites for hydroxylation is 4. The molecule has 0 aliphatic carbocycles. The van der Waals surface area contributed by atoms with E-state index in [2.05, 4.69) is 43.5 Å². The number of hydrogen-bond donors (Lipinski definition) is 2. The predicted octanol–water partition coefficient (Wildman–Crippen LogP) is 5.38. The maximum absolute atomic E-state index is 6.02. The highest BCUT2D eigenvalue weighted by Gasteiger charge is 2.07. The first kappa shape index (κ1) is 15.8. The molecule has 0 spiro atoms. The fourth-order valence-corrected chi connectivity index (χ4v) is 2.76. The first-order valence-electron chi connectivity index (χ1n) is 6.79. The predicted molar refractivity (Wildman–Crippen MR) is 96.7 cm³/mol. The molecule has 2 rings (SSSR count). The van der Waals surface area contributed by atoms with Crippen molar-refractivity contribution in [2.75, 3.05) is 10.6 Å². The summed E-state index contributed by atoms with van der Waals surface area (Å²) < 4.78 is 0. The van der Waals surface area contributed by atoms with Gasteiger partial charge in [0.25, 0.3) is 0 Å². The Balaban J connectivity index is 2.17. The first-order chi connectivity index (χ1) is 9.86. The fraction of sp³-hybridized carbons (Fsp3) is 0.235. The van der Waals surface area contributed by atoms with Gasteiger partial charge in [-0.05, 0) is 68.7 Å². The molecule has 0 aliphatic heterocycles. The maximum Gasteiger partial charge on any atom is 0.175 e. The van der Waals surface area contributed by atoms with Gasteiger partial charge in [-0.2, -0.15) is 0 Å². The van der Waals surface area contributed by atoms with E-state index in [0.717, 1.165) is 16.9 Å². The minimum atomic E-state index is 0.565. The largest absolute Gasteiger partial charge is 0.332 e. The molecule has 0 amide bonds. The van der Waals surface area contributed by atoms with Gasteiger partial charge in [-0.3, -0.25) is 0 Å². The Kier molecular flexibility index (Phi) is 4.86. The van der Waals surface area contributed by atoms with Crippen molar-refractivity contribution in [2.45, 2.75) is 27.7 Å². The number of anilines is 2. The van der Waals surface area contributed by atoms with Crippen LogP contribution in [0.5, 0.6) is 0 Å². The molecule has 0 saturated carbocycles. The lowest BCUT2D eigenvalue weighted by Gasteiger charge is -2.16. The Morgan fingerprint density at radius 2 is 1.52 bits per heavy atom. The van der Waals surface area contributed by atoms with Gasteiger partial charge in [-0.15, -0.1) is 0 Å². The average molecular weight is 319 g/mol. The first-order valence-corrected chi connectivity index (χ1v) is 7.57. The molecule has 110 valence electrons. The smallest absolute Gasteiger partial charge is 0.175 e. The summed E-state index contributed by atoms with van der Waals surface area (Å²) >= 11 is 11.4. The Bertz CT molecular complexity index is 672. The zero-order valence-corrected chi connectivity index (χ0v) is 14.2. The number of nitrogens with one attached hydrogen (secondary N) is 2. The summed E-state index contributed by atoms with van der Waals surface area (Å²) in [5.41, 5.74) is 6.68. The molecular formula is C17H19ClN2S. The topological polar surface area (TPSA) is 24.1 Å². The second-order valence-electron chi connectivity index (χ2n) is 5.31. The van der Waals surface area contributed by atoms with E-state index in [4.69, 9.17) is 23.8 Å². The molecule has 0 fully saturated rings. The van der Waals surface area contributed by atoms with Gasteiger partial charge in [0.2, 0.25) is 0 Å². The van der Waals surface area contributed by atoms with Crippen LogP contribution in [-0.2, 0) is 0 Å². The summed E-state index contributed by atoms with van der Waals surface area (Å²) in [5.74, 6) is 0. The normalized spacial score (nSPS) is 10.3. The fourth-order valence-electron chi connectivity index (χ4n) is 2.37. The highest BCUT2D eigenvalue weighted by molar-refractivity contribution is 7.80. The van der Waals surface area contributed by atoms with Crippen molar-refractivity contribution in [3.05, 3.63) is 57.6 Å². The van der Waals surface area contributed by atoms with E-state index >= 15 is 0 Å². The molecule has 0 radical (unpaired) electrons. The second kappa shape index (κ2) is 6.46. The van der Waals surface area contributed by atoms with Gasteiger partial charge < -0.3 is 10.6 Å². The molecular weight excluding hydrogens is 300 g/mol. The van der Waals surface area contributed by atoms with Gasteiger partial charge in [0, 0.05) is 16.4 Å². The third kappa shape index (κ3) is 3.96. The molecule has 0 heterocycles. The summed E-state index contributed by atoms with van der Waals surface area (Å²) in [6, 6.07) is 9.99. The summed E-state index contributed by atoms with van der Waals surface area (Å²) in [7, 11) is 0. The Morgan fingerprint density at radius 1 is 0.905 bits per heavy atom. The molecule has 2 N–H and O–H groups in total. The van der Waals surface area contributed by atoms with Crippen LogP contribution in [-0.4, -0.2) is 5.11 Å². The second-order valence-corrected chi connectivity index (χ2v) is 6.16. The monoisotopic (exact) mass is 318 g/mol. The summed E-state index contributed by atoms with van der Waals surface area (Å²) in [6.07, 6.45) is 0. The van der Waals surface area contributed by atoms with E-state index in [1.54, 1.807) is 0 Å². The Morgan fingerprint density at radius 3 is 2.14 bits per heavy atom. The average Bonchev–Trinajstić information content (AvgIpc) is 2.38. The molecule has 0 bridgehead atoms. The highest BCUT2D eigenvalue weighted by atomic mass is 35.5. The molecule has 0 unspecified atom stereocenters. The number of halogens is 1. The van der Waals surface area contributed by atoms with Crippen molar-refractivity contribution >= 4 is 40.3 Å². The SMILES string of the molecule is Cc1cc(C)c(NC(=S)Nc2cc(Cl)ccc2C)c(C)c1. The van der Waals surface area contributed by atoms with Gasteiger partial charge in [0.05, 0.1) is 0 Å². The Hall–Kier alpha value is -1.58. The highest BCUT2D eigenvalue weighted by Crippen LogP contribution is 2.23. The third-order valence-electron chi connectivity index (χ3n) is 3.36. The minimum absolute atomic E-state index is 0.565. The van der Waals surface area contributed by atoms with Gasteiger partial charge >= 0.3 is 0 Å². The number of hydrogen-bond acceptors (Lipinski definition) is 1. The molecule has 21 heavy (non-hydrogen) atoms. The molecule has 0 aromatic heterocycles. The zero-order valence-electron chi connectivity index (χ0n) is 12.7. The van der Waals surface area contributed by atoms with Crippen LogP contribution < -0.4 is 10.6 Å². The lowest BCUT2D eigenvalue weighted by molar-refractivity contribution is 1.32. The third-order valence-corrected chi connectivity index (χ3v) is 3.80. The van der Waals surface area contributed by atoms with Crippen LogP contribution in [0.1, 0.15) is 22.3 Å². The van der Waals surface area contributed by atoms with Crippen LogP contribution in [0.4, 0.5) is 11.4 Å². The van der Waals surface area contributed by atoms with E-state index in [9.17, 15) is 0 Å². The summed E-state index contributed by atoms with van der Waals surface area (Å²) in [6.45, 7) is 8.27. The van der Waals surface area contributed by atoms with Gasteiger partial charge in [-0.25, -0.2) is 0 Å². The molecule has 0 atom stereocenters. The van der Waals surface area contributed by atoms with Crippen LogP contribution in [0.2, 0.25) is 5.02 Å². The summed E-state index contributed by atoms with van der Waals surface area (Å²) in [4.78, 5) is 0. The number of benzene rings is 2. The van der Waals surface area contributed by atoms with Crippen molar-refractivity contribution in [1.82, 2.24) is 0 Å². The molecule has 2 aromatic rings. The van der Waals surface area contributed by atoms with E-state index in [0.29, 0.717) is 10.1 Å².